The molecule has 0 saturated heterocycles. The molecular weight excluding hydrogens is 323 g/mol. The quantitative estimate of drug-likeness (QED) is 0.602. The van der Waals surface area contributed by atoms with Crippen LogP contribution in [0.3, 0.4) is 0 Å². The predicted molar refractivity (Wildman–Crippen MR) is 80.0 cm³/mol. The summed E-state index contributed by atoms with van der Waals surface area (Å²) in [5, 5.41) is 9.77. The highest BCUT2D eigenvalue weighted by molar-refractivity contribution is 5.75. The third-order valence-electron chi connectivity index (χ3n) is 3.23. The van der Waals surface area contributed by atoms with Crippen LogP contribution in [0.15, 0.2) is 42.5 Å². The summed E-state index contributed by atoms with van der Waals surface area (Å²) >= 11 is 0. The van der Waals surface area contributed by atoms with Crippen molar-refractivity contribution in [3.8, 4) is 0 Å². The number of hydrogen-bond acceptors (Lipinski definition) is 3. The zero-order valence-corrected chi connectivity index (χ0v) is 12.6. The third-order valence-corrected chi connectivity index (χ3v) is 3.23. The number of aliphatic hydroxyl groups excluding tert-OH is 1. The Hall–Kier alpha value is -2.38. The van der Waals surface area contributed by atoms with E-state index in [-0.39, 0.29) is 25.0 Å². The van der Waals surface area contributed by atoms with E-state index in [2.05, 4.69) is 5.48 Å². The molecule has 1 atom stereocenters. The van der Waals surface area contributed by atoms with Crippen LogP contribution in [-0.4, -0.2) is 17.1 Å². The molecule has 2 N–H and O–H groups in total. The number of nitrogens with one attached hydrogen (secondary N) is 1. The van der Waals surface area contributed by atoms with Crippen molar-refractivity contribution >= 4 is 5.91 Å². The summed E-state index contributed by atoms with van der Waals surface area (Å²) in [7, 11) is 0. The van der Waals surface area contributed by atoms with Crippen LogP contribution < -0.4 is 5.48 Å². The molecule has 0 aliphatic heterocycles. The van der Waals surface area contributed by atoms with Gasteiger partial charge in [0.1, 0.15) is 5.82 Å². The van der Waals surface area contributed by atoms with Crippen LogP contribution >= 0.6 is 0 Å². The molecule has 0 aromatic heterocycles. The van der Waals surface area contributed by atoms with Gasteiger partial charge in [-0.1, -0.05) is 30.3 Å². The lowest BCUT2D eigenvalue weighted by molar-refractivity contribution is -0.136. The van der Waals surface area contributed by atoms with E-state index < -0.39 is 29.5 Å². The molecule has 24 heavy (non-hydrogen) atoms. The zero-order chi connectivity index (χ0) is 17.5. The van der Waals surface area contributed by atoms with Crippen LogP contribution in [0.5, 0.6) is 0 Å². The van der Waals surface area contributed by atoms with Crippen LogP contribution in [0.1, 0.15) is 17.5 Å². The number of carbonyl (C=O) groups is 1. The Morgan fingerprint density at radius 1 is 1.08 bits per heavy atom. The lowest BCUT2D eigenvalue weighted by atomic mass is 10.0. The summed E-state index contributed by atoms with van der Waals surface area (Å²) < 4.78 is 39.4. The van der Waals surface area contributed by atoms with E-state index in [9.17, 15) is 23.1 Å². The Morgan fingerprint density at radius 2 is 1.75 bits per heavy atom. The van der Waals surface area contributed by atoms with Gasteiger partial charge in [0.25, 0.3) is 0 Å². The van der Waals surface area contributed by atoms with Crippen molar-refractivity contribution < 1.29 is 27.9 Å². The Morgan fingerprint density at radius 3 is 2.46 bits per heavy atom. The second kappa shape index (κ2) is 8.47. The Balaban J connectivity index is 1.78. The van der Waals surface area contributed by atoms with Gasteiger partial charge in [0.15, 0.2) is 11.6 Å². The van der Waals surface area contributed by atoms with E-state index in [1.165, 1.54) is 0 Å². The number of halogens is 3. The molecule has 0 fully saturated rings. The highest BCUT2D eigenvalue weighted by Gasteiger charge is 2.16. The Kier molecular flexibility index (Phi) is 6.34. The maximum atomic E-state index is 13.5. The first-order valence-corrected chi connectivity index (χ1v) is 7.21. The fourth-order valence-electron chi connectivity index (χ4n) is 2.08. The van der Waals surface area contributed by atoms with Gasteiger partial charge >= 0.3 is 0 Å². The summed E-state index contributed by atoms with van der Waals surface area (Å²) in [5.74, 6) is -4.11. The number of rotatable bonds is 7. The van der Waals surface area contributed by atoms with Crippen molar-refractivity contribution in [1.82, 2.24) is 5.48 Å². The minimum atomic E-state index is -1.31. The third kappa shape index (κ3) is 5.36. The van der Waals surface area contributed by atoms with Crippen molar-refractivity contribution in [2.24, 2.45) is 0 Å². The highest BCUT2D eigenvalue weighted by Crippen LogP contribution is 2.16. The number of hydrogen-bond donors (Lipinski definition) is 2. The highest BCUT2D eigenvalue weighted by atomic mass is 19.2. The zero-order valence-electron chi connectivity index (χ0n) is 12.6. The summed E-state index contributed by atoms with van der Waals surface area (Å²) in [5.41, 5.74) is 2.80. The maximum absolute atomic E-state index is 13.5. The molecule has 0 radical (unpaired) electrons. The molecule has 2 aromatic rings. The van der Waals surface area contributed by atoms with Gasteiger partial charge in [0.05, 0.1) is 19.1 Å². The lowest BCUT2D eigenvalue weighted by Crippen LogP contribution is -2.28. The van der Waals surface area contributed by atoms with Crippen LogP contribution in [-0.2, 0) is 22.7 Å². The minimum absolute atomic E-state index is 0.153. The van der Waals surface area contributed by atoms with E-state index in [1.54, 1.807) is 0 Å². The molecule has 0 bridgehead atoms. The molecule has 2 rings (SSSR count). The first kappa shape index (κ1) is 18.0. The maximum Gasteiger partial charge on any atom is 0.246 e. The van der Waals surface area contributed by atoms with E-state index in [0.717, 1.165) is 5.56 Å². The smallest absolute Gasteiger partial charge is 0.246 e. The molecule has 0 aliphatic rings. The fraction of sp³-hybridized carbons (Fsp3) is 0.235. The summed E-state index contributed by atoms with van der Waals surface area (Å²) in [6.07, 6.45) is -1.95. The standard InChI is InChI=1S/C17H16F3NO3/c18-14-9-16(20)15(19)7-12(14)6-13(22)8-17(23)21-24-10-11-4-2-1-3-5-11/h1-5,7,9,13,22H,6,8,10H2,(H,21,23)/t13-/m0/s1. The summed E-state index contributed by atoms with van der Waals surface area (Å²) in [6, 6.07) is 10.2. The molecule has 128 valence electrons. The SMILES string of the molecule is O=C(C[C@@H](O)Cc1cc(F)c(F)cc1F)NOCc1ccccc1. The van der Waals surface area contributed by atoms with Crippen LogP contribution in [0.4, 0.5) is 13.2 Å². The topological polar surface area (TPSA) is 58.6 Å². The molecule has 0 aliphatic carbocycles. The molecule has 1 amide bonds. The van der Waals surface area contributed by atoms with Gasteiger partial charge in [-0.3, -0.25) is 9.63 Å². The normalized spacial score (nSPS) is 12.0. The molecule has 0 heterocycles. The molecule has 7 heteroatoms. The molecule has 2 aromatic carbocycles. The molecule has 0 unspecified atom stereocenters. The van der Waals surface area contributed by atoms with Gasteiger partial charge in [0, 0.05) is 12.5 Å². The largest absolute Gasteiger partial charge is 0.392 e. The number of benzene rings is 2. The Bertz CT molecular complexity index is 695. The molecule has 0 spiro atoms. The number of carbonyl (C=O) groups excluding carboxylic acids is 1. The van der Waals surface area contributed by atoms with Gasteiger partial charge < -0.3 is 5.11 Å². The second-order valence-corrected chi connectivity index (χ2v) is 5.22. The predicted octanol–water partition coefficient (Wildman–Crippen LogP) is 2.65. The molecule has 0 saturated carbocycles. The number of amides is 1. The van der Waals surface area contributed by atoms with E-state index in [0.29, 0.717) is 12.1 Å². The van der Waals surface area contributed by atoms with Crippen LogP contribution in [0.25, 0.3) is 0 Å². The molecular formula is C17H16F3NO3. The van der Waals surface area contributed by atoms with Crippen molar-refractivity contribution in [2.45, 2.75) is 25.6 Å². The first-order valence-electron chi connectivity index (χ1n) is 7.21. The van der Waals surface area contributed by atoms with Crippen molar-refractivity contribution in [2.75, 3.05) is 0 Å². The lowest BCUT2D eigenvalue weighted by Gasteiger charge is -2.12. The van der Waals surface area contributed by atoms with Gasteiger partial charge in [-0.15, -0.1) is 0 Å². The van der Waals surface area contributed by atoms with Gasteiger partial charge in [-0.2, -0.15) is 0 Å². The average molecular weight is 339 g/mol. The van der Waals surface area contributed by atoms with E-state index in [4.69, 9.17) is 4.84 Å². The monoisotopic (exact) mass is 339 g/mol. The summed E-state index contributed by atoms with van der Waals surface area (Å²) in [6.45, 7) is 0.153. The van der Waals surface area contributed by atoms with Crippen LogP contribution in [0, 0.1) is 17.5 Å². The number of hydroxylamine groups is 1. The average Bonchev–Trinajstić information content (AvgIpc) is 2.53. The van der Waals surface area contributed by atoms with Crippen molar-refractivity contribution in [1.29, 1.82) is 0 Å². The molecule has 4 nitrogen and oxygen atoms in total. The minimum Gasteiger partial charge on any atom is -0.392 e. The number of aliphatic hydroxyl groups is 1. The van der Waals surface area contributed by atoms with Gasteiger partial charge in [0.2, 0.25) is 5.91 Å². The van der Waals surface area contributed by atoms with Gasteiger partial charge in [-0.05, 0) is 17.2 Å². The second-order valence-electron chi connectivity index (χ2n) is 5.22. The van der Waals surface area contributed by atoms with Crippen LogP contribution in [0.2, 0.25) is 0 Å². The van der Waals surface area contributed by atoms with E-state index in [1.807, 2.05) is 30.3 Å². The van der Waals surface area contributed by atoms with Gasteiger partial charge in [-0.25, -0.2) is 18.7 Å². The van der Waals surface area contributed by atoms with Crippen molar-refractivity contribution in [3.05, 3.63) is 71.0 Å². The van der Waals surface area contributed by atoms with Crippen molar-refractivity contribution in [3.63, 3.8) is 0 Å². The van der Waals surface area contributed by atoms with E-state index >= 15 is 0 Å². The Labute approximate surface area is 136 Å². The fourth-order valence-corrected chi connectivity index (χ4v) is 2.08. The summed E-state index contributed by atoms with van der Waals surface area (Å²) in [4.78, 5) is 16.6. The first-order chi connectivity index (χ1) is 11.5.